The molecular formula is C6H9NO3S. The third kappa shape index (κ3) is 1.49. The maximum atomic E-state index is 10.9. The minimum Gasteiger partial charge on any atom is -0.303 e. The van der Waals surface area contributed by atoms with E-state index in [0.717, 1.165) is 11.7 Å². The molecular weight excluding hydrogens is 166 g/mol. The van der Waals surface area contributed by atoms with Crippen LogP contribution in [0.25, 0.3) is 0 Å². The van der Waals surface area contributed by atoms with E-state index in [9.17, 15) is 13.2 Å². The zero-order chi connectivity index (χ0) is 8.48. The molecule has 0 unspecified atom stereocenters. The quantitative estimate of drug-likeness (QED) is 0.548. The number of carbonyl (C=O) groups is 1. The van der Waals surface area contributed by atoms with Crippen LogP contribution >= 0.6 is 0 Å². The van der Waals surface area contributed by atoms with Crippen LogP contribution in [0.3, 0.4) is 0 Å². The van der Waals surface area contributed by atoms with E-state index in [1.165, 1.54) is 4.31 Å². The van der Waals surface area contributed by atoms with Gasteiger partial charge in [0, 0.05) is 24.4 Å². The molecule has 0 saturated carbocycles. The van der Waals surface area contributed by atoms with E-state index in [1.807, 2.05) is 0 Å². The molecule has 5 heteroatoms. The van der Waals surface area contributed by atoms with Gasteiger partial charge in [0.25, 0.3) is 0 Å². The largest absolute Gasteiger partial charge is 0.303 e. The molecule has 62 valence electrons. The standard InChI is InChI=1S/C6H9NO3S/c1-2-11(9,10)7-3-6(4-7)5-8/h2,5-6H,1,3-4H2. The highest BCUT2D eigenvalue weighted by Gasteiger charge is 2.33. The molecule has 1 rings (SSSR count). The minimum atomic E-state index is -3.27. The molecule has 0 aromatic heterocycles. The molecule has 0 N–H and O–H groups in total. The van der Waals surface area contributed by atoms with Gasteiger partial charge in [0.1, 0.15) is 6.29 Å². The van der Waals surface area contributed by atoms with Crippen LogP contribution in [0, 0.1) is 5.92 Å². The lowest BCUT2D eigenvalue weighted by molar-refractivity contribution is -0.113. The molecule has 0 amide bonds. The molecule has 0 spiro atoms. The van der Waals surface area contributed by atoms with Crippen molar-refractivity contribution in [1.82, 2.24) is 4.31 Å². The number of nitrogens with zero attached hydrogens (tertiary/aromatic N) is 1. The Hall–Kier alpha value is -0.680. The van der Waals surface area contributed by atoms with Gasteiger partial charge in [-0.1, -0.05) is 6.58 Å². The van der Waals surface area contributed by atoms with Crippen molar-refractivity contribution in [3.63, 3.8) is 0 Å². The number of hydrogen-bond acceptors (Lipinski definition) is 3. The zero-order valence-electron chi connectivity index (χ0n) is 5.93. The Morgan fingerprint density at radius 2 is 2.00 bits per heavy atom. The summed E-state index contributed by atoms with van der Waals surface area (Å²) in [5, 5.41) is 0.897. The highest BCUT2D eigenvalue weighted by molar-refractivity contribution is 7.92. The van der Waals surface area contributed by atoms with Crippen molar-refractivity contribution in [3.05, 3.63) is 12.0 Å². The van der Waals surface area contributed by atoms with Crippen molar-refractivity contribution in [1.29, 1.82) is 0 Å². The molecule has 4 nitrogen and oxygen atoms in total. The fourth-order valence-electron chi connectivity index (χ4n) is 0.869. The summed E-state index contributed by atoms with van der Waals surface area (Å²) < 4.78 is 23.1. The van der Waals surface area contributed by atoms with E-state index in [1.54, 1.807) is 0 Å². The van der Waals surface area contributed by atoms with Gasteiger partial charge < -0.3 is 4.79 Å². The van der Waals surface area contributed by atoms with Gasteiger partial charge in [-0.25, -0.2) is 8.42 Å². The summed E-state index contributed by atoms with van der Waals surface area (Å²) in [6.07, 6.45) is 0.773. The van der Waals surface area contributed by atoms with Crippen LogP contribution in [0.5, 0.6) is 0 Å². The van der Waals surface area contributed by atoms with Gasteiger partial charge in [-0.3, -0.25) is 0 Å². The minimum absolute atomic E-state index is 0.121. The van der Waals surface area contributed by atoms with Crippen LogP contribution in [-0.4, -0.2) is 32.1 Å². The van der Waals surface area contributed by atoms with E-state index in [2.05, 4.69) is 6.58 Å². The van der Waals surface area contributed by atoms with Gasteiger partial charge in [-0.05, 0) is 0 Å². The summed E-state index contributed by atoms with van der Waals surface area (Å²) in [7, 11) is -3.27. The Kier molecular flexibility index (Phi) is 2.10. The first-order valence-corrected chi connectivity index (χ1v) is 4.68. The summed E-state index contributed by atoms with van der Waals surface area (Å²) in [4.78, 5) is 10.1. The Balaban J connectivity index is 2.57. The lowest BCUT2D eigenvalue weighted by Gasteiger charge is -2.33. The van der Waals surface area contributed by atoms with E-state index < -0.39 is 10.0 Å². The van der Waals surface area contributed by atoms with Crippen molar-refractivity contribution in [2.24, 2.45) is 5.92 Å². The van der Waals surface area contributed by atoms with Gasteiger partial charge in [-0.15, -0.1) is 0 Å². The second-order valence-corrected chi connectivity index (χ2v) is 4.30. The number of aldehydes is 1. The summed E-state index contributed by atoms with van der Waals surface area (Å²) in [6, 6.07) is 0. The Bertz CT molecular complexity index is 264. The predicted molar refractivity (Wildman–Crippen MR) is 40.2 cm³/mol. The Labute approximate surface area is 65.6 Å². The van der Waals surface area contributed by atoms with Crippen LogP contribution in [0.2, 0.25) is 0 Å². The van der Waals surface area contributed by atoms with E-state index in [0.29, 0.717) is 13.1 Å². The van der Waals surface area contributed by atoms with Crippen molar-refractivity contribution in [3.8, 4) is 0 Å². The SMILES string of the molecule is C=CS(=O)(=O)N1CC(C=O)C1. The molecule has 0 aromatic carbocycles. The predicted octanol–water partition coefficient (Wildman–Crippen LogP) is -0.410. The summed E-state index contributed by atoms with van der Waals surface area (Å²) in [5.74, 6) is -0.121. The molecule has 1 aliphatic rings. The number of carbonyl (C=O) groups excluding carboxylic acids is 1. The molecule has 1 saturated heterocycles. The van der Waals surface area contributed by atoms with Crippen molar-refractivity contribution in [2.75, 3.05) is 13.1 Å². The highest BCUT2D eigenvalue weighted by Crippen LogP contribution is 2.17. The van der Waals surface area contributed by atoms with Crippen LogP contribution in [0.4, 0.5) is 0 Å². The molecule has 1 aliphatic heterocycles. The van der Waals surface area contributed by atoms with E-state index >= 15 is 0 Å². The van der Waals surface area contributed by atoms with Crippen LogP contribution in [0.15, 0.2) is 12.0 Å². The molecule has 11 heavy (non-hydrogen) atoms. The zero-order valence-corrected chi connectivity index (χ0v) is 6.75. The molecule has 0 radical (unpaired) electrons. The Morgan fingerprint density at radius 1 is 1.45 bits per heavy atom. The first-order valence-electron chi connectivity index (χ1n) is 3.18. The third-order valence-corrected chi connectivity index (χ3v) is 3.08. The molecule has 1 heterocycles. The van der Waals surface area contributed by atoms with Crippen molar-refractivity contribution in [2.45, 2.75) is 0 Å². The molecule has 0 aromatic rings. The number of sulfonamides is 1. The normalized spacial score (nSPS) is 20.7. The lowest BCUT2D eigenvalue weighted by atomic mass is 10.1. The molecule has 1 fully saturated rings. The average Bonchev–Trinajstić information content (AvgIpc) is 1.85. The highest BCUT2D eigenvalue weighted by atomic mass is 32.2. The molecule has 0 atom stereocenters. The molecule has 0 bridgehead atoms. The Morgan fingerprint density at radius 3 is 2.36 bits per heavy atom. The second-order valence-electron chi connectivity index (χ2n) is 2.42. The lowest BCUT2D eigenvalue weighted by Crippen LogP contribution is -2.49. The fraction of sp³-hybridized carbons (Fsp3) is 0.500. The fourth-order valence-corrected chi connectivity index (χ4v) is 1.88. The third-order valence-electron chi connectivity index (χ3n) is 1.64. The van der Waals surface area contributed by atoms with Crippen LogP contribution in [-0.2, 0) is 14.8 Å². The summed E-state index contributed by atoms with van der Waals surface area (Å²) in [5.41, 5.74) is 0. The monoisotopic (exact) mass is 175 g/mol. The van der Waals surface area contributed by atoms with Gasteiger partial charge in [-0.2, -0.15) is 4.31 Å². The number of hydrogen-bond donors (Lipinski definition) is 0. The maximum Gasteiger partial charge on any atom is 0.235 e. The summed E-state index contributed by atoms with van der Waals surface area (Å²) in [6.45, 7) is 3.78. The summed E-state index contributed by atoms with van der Waals surface area (Å²) >= 11 is 0. The van der Waals surface area contributed by atoms with Gasteiger partial charge in [0.2, 0.25) is 10.0 Å². The van der Waals surface area contributed by atoms with Crippen LogP contribution in [0.1, 0.15) is 0 Å². The smallest absolute Gasteiger partial charge is 0.235 e. The average molecular weight is 175 g/mol. The van der Waals surface area contributed by atoms with E-state index in [4.69, 9.17) is 0 Å². The first-order chi connectivity index (χ1) is 5.10. The van der Waals surface area contributed by atoms with Gasteiger partial charge >= 0.3 is 0 Å². The second kappa shape index (κ2) is 2.75. The van der Waals surface area contributed by atoms with Crippen molar-refractivity contribution < 1.29 is 13.2 Å². The first kappa shape index (κ1) is 8.42. The maximum absolute atomic E-state index is 10.9. The van der Waals surface area contributed by atoms with E-state index in [-0.39, 0.29) is 5.92 Å². The topological polar surface area (TPSA) is 54.5 Å². The molecule has 0 aliphatic carbocycles. The number of rotatable bonds is 3. The van der Waals surface area contributed by atoms with Gasteiger partial charge in [0.05, 0.1) is 0 Å². The van der Waals surface area contributed by atoms with Gasteiger partial charge in [0.15, 0.2) is 0 Å². The van der Waals surface area contributed by atoms with Crippen LogP contribution < -0.4 is 0 Å². The van der Waals surface area contributed by atoms with Crippen molar-refractivity contribution >= 4 is 16.3 Å².